The number of halogens is 1. The Morgan fingerprint density at radius 1 is 0.577 bits per heavy atom. The van der Waals surface area contributed by atoms with Gasteiger partial charge in [0, 0.05) is 0 Å². The zero-order chi connectivity index (χ0) is 17.9. The molecule has 0 fully saturated rings. The van der Waals surface area contributed by atoms with Crippen molar-refractivity contribution in [2.24, 2.45) is 0 Å². The van der Waals surface area contributed by atoms with E-state index in [1.165, 1.54) is 15.9 Å². The van der Waals surface area contributed by atoms with E-state index in [1.54, 1.807) is 6.26 Å². The van der Waals surface area contributed by atoms with Crippen LogP contribution in [0.4, 0.5) is 0 Å². The van der Waals surface area contributed by atoms with E-state index >= 15 is 0 Å². The average molecular weight is 423 g/mol. The fourth-order valence-electron chi connectivity index (χ4n) is 3.63. The molecule has 0 unspecified atom stereocenters. The van der Waals surface area contributed by atoms with Crippen LogP contribution in [-0.2, 0) is 6.16 Å². The van der Waals surface area contributed by atoms with Crippen molar-refractivity contribution in [3.63, 3.8) is 0 Å². The van der Waals surface area contributed by atoms with Crippen LogP contribution in [0.3, 0.4) is 0 Å². The van der Waals surface area contributed by atoms with Crippen LogP contribution < -0.4 is 15.9 Å². The summed E-state index contributed by atoms with van der Waals surface area (Å²) < 4.78 is 5.82. The molecule has 0 N–H and O–H groups in total. The monoisotopic (exact) mass is 422 g/mol. The molecule has 26 heavy (non-hydrogen) atoms. The SMILES string of the molecule is BrP(Cc1ccco1)(c1ccccc1)(c1ccccc1)c1ccccc1. The Labute approximate surface area is 162 Å². The number of furan rings is 1. The van der Waals surface area contributed by atoms with E-state index in [-0.39, 0.29) is 0 Å². The van der Waals surface area contributed by atoms with Crippen LogP contribution in [0.25, 0.3) is 0 Å². The molecule has 3 aromatic carbocycles. The summed E-state index contributed by atoms with van der Waals surface area (Å²) >= 11 is 4.41. The molecule has 1 aromatic heterocycles. The summed E-state index contributed by atoms with van der Waals surface area (Å²) in [5, 5.41) is 0.973. The molecule has 0 radical (unpaired) electrons. The summed E-state index contributed by atoms with van der Waals surface area (Å²) in [5.74, 6) is 0.983. The zero-order valence-electron chi connectivity index (χ0n) is 14.3. The summed E-state index contributed by atoms with van der Waals surface area (Å²) in [5.41, 5.74) is 0. The van der Waals surface area contributed by atoms with E-state index in [1.807, 2.05) is 6.07 Å². The van der Waals surface area contributed by atoms with Crippen molar-refractivity contribution < 1.29 is 4.42 Å². The Hall–Kier alpha value is -2.15. The van der Waals surface area contributed by atoms with Gasteiger partial charge in [-0.05, 0) is 0 Å². The molecular weight excluding hydrogens is 403 g/mol. The van der Waals surface area contributed by atoms with Gasteiger partial charge in [-0.15, -0.1) is 0 Å². The van der Waals surface area contributed by atoms with E-state index in [0.29, 0.717) is 0 Å². The summed E-state index contributed by atoms with van der Waals surface area (Å²) in [6.07, 6.45) is 2.54. The molecule has 4 rings (SSSR count). The van der Waals surface area contributed by atoms with Crippen LogP contribution in [0, 0.1) is 0 Å². The third kappa shape index (κ3) is 2.74. The van der Waals surface area contributed by atoms with Gasteiger partial charge in [0.25, 0.3) is 0 Å². The van der Waals surface area contributed by atoms with Gasteiger partial charge < -0.3 is 0 Å². The second-order valence-electron chi connectivity index (χ2n) is 6.43. The van der Waals surface area contributed by atoms with E-state index in [4.69, 9.17) is 4.42 Å². The number of rotatable bonds is 5. The number of benzene rings is 3. The molecule has 0 amide bonds. The van der Waals surface area contributed by atoms with Gasteiger partial charge in [0.2, 0.25) is 0 Å². The third-order valence-electron chi connectivity index (χ3n) is 4.92. The molecule has 1 nitrogen and oxygen atoms in total. The number of hydrogen-bond donors (Lipinski definition) is 0. The molecule has 0 saturated carbocycles. The van der Waals surface area contributed by atoms with Gasteiger partial charge in [-0.25, -0.2) is 0 Å². The van der Waals surface area contributed by atoms with Gasteiger partial charge in [-0.2, -0.15) is 0 Å². The molecule has 130 valence electrons. The molecule has 4 aromatic rings. The minimum atomic E-state index is -2.92. The van der Waals surface area contributed by atoms with Gasteiger partial charge in [0.05, 0.1) is 0 Å². The molecule has 0 aliphatic carbocycles. The van der Waals surface area contributed by atoms with Crippen molar-refractivity contribution in [3.8, 4) is 0 Å². The first-order chi connectivity index (χ1) is 12.7. The van der Waals surface area contributed by atoms with Crippen LogP contribution in [0.5, 0.6) is 0 Å². The van der Waals surface area contributed by atoms with Crippen molar-refractivity contribution in [2.45, 2.75) is 6.16 Å². The molecule has 0 saturated heterocycles. The van der Waals surface area contributed by atoms with Crippen molar-refractivity contribution in [2.75, 3.05) is 0 Å². The predicted molar refractivity (Wildman–Crippen MR) is 116 cm³/mol. The second-order valence-corrected chi connectivity index (χ2v) is 15.4. The Balaban J connectivity index is 2.10. The third-order valence-corrected chi connectivity index (χ3v) is 14.4. The Kier molecular flexibility index (Phi) is 4.56. The summed E-state index contributed by atoms with van der Waals surface area (Å²) in [6.45, 7) is 0. The zero-order valence-corrected chi connectivity index (χ0v) is 16.8. The molecule has 3 heteroatoms. The molecule has 0 aliphatic heterocycles. The van der Waals surface area contributed by atoms with Crippen LogP contribution in [-0.4, -0.2) is 0 Å². The summed E-state index contributed by atoms with van der Waals surface area (Å²) in [7, 11) is 0. The van der Waals surface area contributed by atoms with E-state index in [2.05, 4.69) is 113 Å². The van der Waals surface area contributed by atoms with E-state index < -0.39 is 5.31 Å². The van der Waals surface area contributed by atoms with Crippen molar-refractivity contribution in [1.82, 2.24) is 0 Å². The van der Waals surface area contributed by atoms with Gasteiger partial charge in [-0.1, -0.05) is 0 Å². The topological polar surface area (TPSA) is 13.1 Å². The first-order valence-electron chi connectivity index (χ1n) is 8.64. The Bertz CT molecular complexity index is 867. The van der Waals surface area contributed by atoms with E-state index in [9.17, 15) is 0 Å². The molecule has 1 heterocycles. The van der Waals surface area contributed by atoms with Crippen LogP contribution in [0.1, 0.15) is 5.76 Å². The van der Waals surface area contributed by atoms with Crippen molar-refractivity contribution in [1.29, 1.82) is 0 Å². The number of hydrogen-bond acceptors (Lipinski definition) is 1. The summed E-state index contributed by atoms with van der Waals surface area (Å²) in [4.78, 5) is 0. The van der Waals surface area contributed by atoms with Crippen LogP contribution in [0.2, 0.25) is 0 Å². The molecule has 0 aliphatic rings. The Morgan fingerprint density at radius 2 is 1.00 bits per heavy atom. The van der Waals surface area contributed by atoms with Gasteiger partial charge in [0.15, 0.2) is 0 Å². The molecular formula is C23H20BrOP. The molecule has 0 spiro atoms. The fraction of sp³-hybridized carbons (Fsp3) is 0.0435. The van der Waals surface area contributed by atoms with Crippen molar-refractivity contribution >= 4 is 36.7 Å². The van der Waals surface area contributed by atoms with Gasteiger partial charge in [-0.3, -0.25) is 0 Å². The summed E-state index contributed by atoms with van der Waals surface area (Å²) in [6, 6.07) is 36.3. The van der Waals surface area contributed by atoms with Crippen LogP contribution in [0.15, 0.2) is 114 Å². The maximum atomic E-state index is 5.82. The van der Waals surface area contributed by atoms with Gasteiger partial charge >= 0.3 is 162 Å². The first kappa shape index (κ1) is 17.3. The Morgan fingerprint density at radius 3 is 1.35 bits per heavy atom. The standard InChI is InChI=1S/C23H20BrOP/c24-26(19-20-11-10-18-25-20,21-12-4-1-5-13-21,22-14-6-2-7-15-22)23-16-8-3-9-17-23/h1-18H,19H2. The van der Waals surface area contributed by atoms with Crippen molar-refractivity contribution in [3.05, 3.63) is 115 Å². The van der Waals surface area contributed by atoms with E-state index in [0.717, 1.165) is 11.9 Å². The predicted octanol–water partition coefficient (Wildman–Crippen LogP) is 5.62. The normalized spacial score (nSPS) is 13.0. The fourth-order valence-corrected chi connectivity index (χ4v) is 11.1. The maximum absolute atomic E-state index is 5.82. The van der Waals surface area contributed by atoms with Crippen LogP contribution >= 0.6 is 20.8 Å². The second kappa shape index (κ2) is 6.87. The average Bonchev–Trinajstić information content (AvgIpc) is 3.23. The molecule has 0 atom stereocenters. The molecule has 0 bridgehead atoms. The van der Waals surface area contributed by atoms with Gasteiger partial charge in [0.1, 0.15) is 0 Å². The first-order valence-corrected chi connectivity index (χ1v) is 13.1. The quantitative estimate of drug-likeness (QED) is 0.380. The minimum absolute atomic E-state index is 0.788.